The van der Waals surface area contributed by atoms with E-state index in [4.69, 9.17) is 10.2 Å². The Morgan fingerprint density at radius 3 is 2.06 bits per heavy atom. The maximum atomic E-state index is 9.19. The number of allylic oxidation sites excluding steroid dienone is 2. The lowest BCUT2D eigenvalue weighted by atomic mass is 9.98. The summed E-state index contributed by atoms with van der Waals surface area (Å²) in [5, 5.41) is 17.9. The van der Waals surface area contributed by atoms with Gasteiger partial charge in [-0.1, -0.05) is 127 Å². The third-order valence-electron chi connectivity index (χ3n) is 8.78. The van der Waals surface area contributed by atoms with Gasteiger partial charge in [0.15, 0.2) is 5.84 Å². The number of fused-ring (bicyclic) bond motifs is 3. The van der Waals surface area contributed by atoms with Crippen LogP contribution in [0.4, 0.5) is 0 Å². The second-order valence-corrected chi connectivity index (χ2v) is 11.8. The zero-order chi connectivity index (χ0) is 32.5. The van der Waals surface area contributed by atoms with Crippen molar-refractivity contribution in [2.24, 2.45) is 10.8 Å². The van der Waals surface area contributed by atoms with Gasteiger partial charge >= 0.3 is 0 Å². The summed E-state index contributed by atoms with van der Waals surface area (Å²) in [5.74, 6) is 0.474. The Morgan fingerprint density at radius 2 is 1.33 bits per heavy atom. The fraction of sp³-hybridized carbons (Fsp3) is 0.0233. The largest absolute Gasteiger partial charge is 0.455 e. The SMILES string of the molecule is N#Cc1ccc(-c2cccc3c2oc2ccc(-c4ccc(-c5ccc(/C(N)=N/N6C=C(c7ccccc7)C=CC6)cc5)cc4)cc23)cc1. The normalized spacial score (nSPS) is 13.1. The Hall–Kier alpha value is -6.64. The number of nitrogens with two attached hydrogens (primary N) is 1. The quantitative estimate of drug-likeness (QED) is 0.149. The van der Waals surface area contributed by atoms with E-state index in [1.165, 1.54) is 0 Å². The summed E-state index contributed by atoms with van der Waals surface area (Å²) in [7, 11) is 0. The first-order valence-electron chi connectivity index (χ1n) is 15.8. The maximum absolute atomic E-state index is 9.19. The number of nitriles is 1. The number of hydrazone groups is 1. The lowest BCUT2D eigenvalue weighted by molar-refractivity contribution is 0.441. The van der Waals surface area contributed by atoms with Crippen molar-refractivity contribution in [3.63, 3.8) is 0 Å². The van der Waals surface area contributed by atoms with Crippen LogP contribution in [-0.4, -0.2) is 17.4 Å². The topological polar surface area (TPSA) is 78.5 Å². The Bertz CT molecular complexity index is 2410. The number of para-hydroxylation sites is 1. The van der Waals surface area contributed by atoms with E-state index >= 15 is 0 Å². The summed E-state index contributed by atoms with van der Waals surface area (Å²) in [6.07, 6.45) is 6.24. The molecule has 0 saturated heterocycles. The van der Waals surface area contributed by atoms with Crippen LogP contribution in [0.2, 0.25) is 0 Å². The average molecular weight is 619 g/mol. The van der Waals surface area contributed by atoms with Crippen LogP contribution in [0.25, 0.3) is 60.9 Å². The van der Waals surface area contributed by atoms with Gasteiger partial charge < -0.3 is 10.2 Å². The number of furan rings is 1. The van der Waals surface area contributed by atoms with Gasteiger partial charge in [-0.15, -0.1) is 0 Å². The van der Waals surface area contributed by atoms with Gasteiger partial charge in [-0.05, 0) is 63.2 Å². The van der Waals surface area contributed by atoms with E-state index in [9.17, 15) is 5.26 Å². The van der Waals surface area contributed by atoms with Gasteiger partial charge in [0.1, 0.15) is 11.2 Å². The number of hydrogen-bond acceptors (Lipinski definition) is 4. The van der Waals surface area contributed by atoms with Crippen molar-refractivity contribution < 1.29 is 4.42 Å². The van der Waals surface area contributed by atoms with Gasteiger partial charge in [0.2, 0.25) is 0 Å². The monoisotopic (exact) mass is 618 g/mol. The molecule has 1 aromatic heterocycles. The zero-order valence-electron chi connectivity index (χ0n) is 26.0. The van der Waals surface area contributed by atoms with Crippen molar-refractivity contribution in [2.75, 3.05) is 6.54 Å². The highest BCUT2D eigenvalue weighted by atomic mass is 16.3. The predicted molar refractivity (Wildman–Crippen MR) is 196 cm³/mol. The summed E-state index contributed by atoms with van der Waals surface area (Å²) in [5.41, 5.74) is 18.4. The molecule has 0 unspecified atom stereocenters. The summed E-state index contributed by atoms with van der Waals surface area (Å²) < 4.78 is 6.36. The van der Waals surface area contributed by atoms with Crippen molar-refractivity contribution in [1.29, 1.82) is 5.26 Å². The minimum atomic E-state index is 0.474. The third-order valence-corrected chi connectivity index (χ3v) is 8.78. The van der Waals surface area contributed by atoms with Crippen LogP contribution in [0.1, 0.15) is 16.7 Å². The third kappa shape index (κ3) is 5.53. The van der Waals surface area contributed by atoms with E-state index in [2.05, 4.69) is 102 Å². The highest BCUT2D eigenvalue weighted by Crippen LogP contribution is 2.38. The highest BCUT2D eigenvalue weighted by molar-refractivity contribution is 6.10. The van der Waals surface area contributed by atoms with Crippen LogP contribution >= 0.6 is 0 Å². The van der Waals surface area contributed by atoms with Crippen LogP contribution in [0.15, 0.2) is 167 Å². The number of hydrogen-bond donors (Lipinski definition) is 1. The molecule has 2 heterocycles. The second kappa shape index (κ2) is 12.3. The standard InChI is InChI=1S/C43H30N4O/c44-27-29-11-13-34(14-12-29)38-9-4-10-39-40-26-36(23-24-41(40)48-42(38)39)33-17-15-31(16-18-33)32-19-21-35(22-20-32)43(45)46-47-25-5-8-37(28-47)30-6-2-1-3-7-30/h1-24,26,28H,25H2,(H2,45,46). The molecule has 0 fully saturated rings. The molecule has 0 saturated carbocycles. The zero-order valence-corrected chi connectivity index (χ0v) is 26.0. The second-order valence-electron chi connectivity index (χ2n) is 11.8. The van der Waals surface area contributed by atoms with Crippen molar-refractivity contribution in [2.45, 2.75) is 0 Å². The van der Waals surface area contributed by atoms with E-state index in [1.54, 1.807) is 0 Å². The predicted octanol–water partition coefficient (Wildman–Crippen LogP) is 9.99. The van der Waals surface area contributed by atoms with Gasteiger partial charge in [0, 0.05) is 28.1 Å². The summed E-state index contributed by atoms with van der Waals surface area (Å²) in [6, 6.07) is 49.5. The Labute approximate surface area is 278 Å². The van der Waals surface area contributed by atoms with E-state index in [-0.39, 0.29) is 0 Å². The lowest BCUT2D eigenvalue weighted by Crippen LogP contribution is -2.22. The van der Waals surface area contributed by atoms with Crippen LogP contribution in [-0.2, 0) is 0 Å². The molecule has 7 aromatic rings. The van der Waals surface area contributed by atoms with Crippen molar-refractivity contribution in [3.05, 3.63) is 175 Å². The Balaban J connectivity index is 1.02. The van der Waals surface area contributed by atoms with E-state index in [0.29, 0.717) is 17.9 Å². The molecule has 5 nitrogen and oxygen atoms in total. The molecule has 0 atom stereocenters. The van der Waals surface area contributed by atoms with Crippen molar-refractivity contribution >= 4 is 33.3 Å². The average Bonchev–Trinajstić information content (AvgIpc) is 3.54. The van der Waals surface area contributed by atoms with Crippen LogP contribution in [0.3, 0.4) is 0 Å². The highest BCUT2D eigenvalue weighted by Gasteiger charge is 2.14. The van der Waals surface area contributed by atoms with Gasteiger partial charge in [-0.3, -0.25) is 5.01 Å². The minimum Gasteiger partial charge on any atom is -0.455 e. The Kier molecular flexibility index (Phi) is 7.37. The number of rotatable bonds is 6. The van der Waals surface area contributed by atoms with Gasteiger partial charge in [0.05, 0.1) is 18.2 Å². The van der Waals surface area contributed by atoms with Gasteiger partial charge in [-0.25, -0.2) is 0 Å². The number of nitrogens with zero attached hydrogens (tertiary/aromatic N) is 3. The molecule has 8 rings (SSSR count). The molecule has 0 spiro atoms. The molecule has 1 aliphatic rings. The first-order chi connectivity index (χ1) is 23.6. The first kappa shape index (κ1) is 28.8. The van der Waals surface area contributed by atoms with E-state index in [1.807, 2.05) is 71.9 Å². The molecule has 6 aromatic carbocycles. The fourth-order valence-corrected chi connectivity index (χ4v) is 6.23. The van der Waals surface area contributed by atoms with Gasteiger partial charge in [0.25, 0.3) is 0 Å². The number of benzene rings is 6. The lowest BCUT2D eigenvalue weighted by Gasteiger charge is -2.19. The molecular weight excluding hydrogens is 589 g/mol. The minimum absolute atomic E-state index is 0.474. The molecule has 0 aliphatic carbocycles. The molecular formula is C43H30N4O. The van der Waals surface area contributed by atoms with Crippen LogP contribution in [0, 0.1) is 11.3 Å². The molecule has 0 amide bonds. The van der Waals surface area contributed by atoms with E-state index < -0.39 is 0 Å². The molecule has 48 heavy (non-hydrogen) atoms. The molecule has 0 radical (unpaired) electrons. The Morgan fingerprint density at radius 1 is 0.667 bits per heavy atom. The first-order valence-corrected chi connectivity index (χ1v) is 15.8. The molecule has 228 valence electrons. The van der Waals surface area contributed by atoms with Crippen LogP contribution < -0.4 is 5.73 Å². The molecule has 1 aliphatic heterocycles. The van der Waals surface area contributed by atoms with Crippen LogP contribution in [0.5, 0.6) is 0 Å². The fourth-order valence-electron chi connectivity index (χ4n) is 6.23. The van der Waals surface area contributed by atoms with Crippen molar-refractivity contribution in [1.82, 2.24) is 5.01 Å². The smallest absolute Gasteiger partial charge is 0.151 e. The summed E-state index contributed by atoms with van der Waals surface area (Å²) in [6.45, 7) is 0.671. The maximum Gasteiger partial charge on any atom is 0.151 e. The van der Waals surface area contributed by atoms with Crippen molar-refractivity contribution in [3.8, 4) is 39.4 Å². The molecule has 2 N–H and O–H groups in total. The number of amidine groups is 1. The summed E-state index contributed by atoms with van der Waals surface area (Å²) in [4.78, 5) is 0. The van der Waals surface area contributed by atoms with Gasteiger partial charge in [-0.2, -0.15) is 10.4 Å². The molecule has 5 heteroatoms. The summed E-state index contributed by atoms with van der Waals surface area (Å²) >= 11 is 0. The molecule has 0 bridgehead atoms. The van der Waals surface area contributed by atoms with E-state index in [0.717, 1.165) is 72.0 Å².